The van der Waals surface area contributed by atoms with Crippen LogP contribution in [-0.2, 0) is 11.3 Å². The number of hydrogen-bond donors (Lipinski definition) is 0. The van der Waals surface area contributed by atoms with Crippen LogP contribution in [0.4, 0.5) is 0 Å². The van der Waals surface area contributed by atoms with Gasteiger partial charge in [0.05, 0.1) is 5.54 Å². The summed E-state index contributed by atoms with van der Waals surface area (Å²) in [5.74, 6) is 0.862. The fraction of sp³-hybridized carbons (Fsp3) is 0.750. The van der Waals surface area contributed by atoms with Crippen LogP contribution in [0.2, 0.25) is 0 Å². The van der Waals surface area contributed by atoms with Crippen molar-refractivity contribution in [3.05, 3.63) is 12.2 Å². The molecule has 2 heterocycles. The lowest BCUT2D eigenvalue weighted by molar-refractivity contribution is 0.0568. The van der Waals surface area contributed by atoms with Gasteiger partial charge in [0.2, 0.25) is 0 Å². The first-order valence-corrected chi connectivity index (χ1v) is 4.33. The SMILES string of the molecule is CC(C)(C)N1COCc2nncn21. The van der Waals surface area contributed by atoms with Crippen LogP contribution in [-0.4, -0.2) is 27.1 Å². The molecule has 0 fully saturated rings. The third-order valence-electron chi connectivity index (χ3n) is 2.08. The van der Waals surface area contributed by atoms with Gasteiger partial charge in [-0.1, -0.05) is 0 Å². The molecule has 72 valence electrons. The van der Waals surface area contributed by atoms with E-state index in [0.29, 0.717) is 13.3 Å². The standard InChI is InChI=1S/C8H14N4O/c1-8(2,3)12-6-13-4-7-10-9-5-11(7)12/h5H,4,6H2,1-3H3. The molecule has 0 aliphatic carbocycles. The van der Waals surface area contributed by atoms with Crippen LogP contribution in [0.25, 0.3) is 0 Å². The lowest BCUT2D eigenvalue weighted by atomic mass is 10.1. The van der Waals surface area contributed by atoms with Gasteiger partial charge in [-0.05, 0) is 20.8 Å². The van der Waals surface area contributed by atoms with Crippen LogP contribution >= 0.6 is 0 Å². The maximum absolute atomic E-state index is 5.40. The Bertz CT molecular complexity index is 301. The molecule has 0 N–H and O–H groups in total. The monoisotopic (exact) mass is 182 g/mol. The second kappa shape index (κ2) is 2.70. The topological polar surface area (TPSA) is 43.2 Å². The molecule has 0 bridgehead atoms. The van der Waals surface area contributed by atoms with E-state index in [2.05, 4.69) is 36.0 Å². The van der Waals surface area contributed by atoms with Crippen molar-refractivity contribution in [1.82, 2.24) is 14.9 Å². The maximum Gasteiger partial charge on any atom is 0.177 e. The highest BCUT2D eigenvalue weighted by molar-refractivity contribution is 5.03. The molecule has 1 aromatic rings. The number of rotatable bonds is 0. The number of fused-ring (bicyclic) bond motifs is 1. The molecule has 1 aliphatic rings. The molecule has 0 saturated carbocycles. The molecule has 0 spiro atoms. The third kappa shape index (κ3) is 1.39. The molecule has 1 aliphatic heterocycles. The zero-order chi connectivity index (χ0) is 9.47. The minimum Gasteiger partial charge on any atom is -0.352 e. The third-order valence-corrected chi connectivity index (χ3v) is 2.08. The molecule has 5 heteroatoms. The van der Waals surface area contributed by atoms with Crippen LogP contribution in [0.5, 0.6) is 0 Å². The number of nitrogens with zero attached hydrogens (tertiary/aromatic N) is 4. The van der Waals surface area contributed by atoms with Crippen LogP contribution < -0.4 is 5.01 Å². The first kappa shape index (κ1) is 8.50. The van der Waals surface area contributed by atoms with Gasteiger partial charge < -0.3 is 4.74 Å². The van der Waals surface area contributed by atoms with Gasteiger partial charge in [-0.2, -0.15) is 0 Å². The van der Waals surface area contributed by atoms with Gasteiger partial charge in [0.15, 0.2) is 5.82 Å². The van der Waals surface area contributed by atoms with E-state index in [1.165, 1.54) is 0 Å². The van der Waals surface area contributed by atoms with Crippen LogP contribution in [0, 0.1) is 0 Å². The van der Waals surface area contributed by atoms with Crippen molar-refractivity contribution < 1.29 is 4.74 Å². The second-order valence-corrected chi connectivity index (χ2v) is 4.14. The van der Waals surface area contributed by atoms with E-state index in [4.69, 9.17) is 4.74 Å². The van der Waals surface area contributed by atoms with Crippen molar-refractivity contribution in [3.8, 4) is 0 Å². The highest BCUT2D eigenvalue weighted by Crippen LogP contribution is 2.16. The minimum absolute atomic E-state index is 0.0253. The average Bonchev–Trinajstić information content (AvgIpc) is 2.48. The molecular formula is C8H14N4O. The van der Waals surface area contributed by atoms with Gasteiger partial charge in [0.1, 0.15) is 19.7 Å². The predicted octanol–water partition coefficient (Wildman–Crippen LogP) is 0.502. The molecule has 2 rings (SSSR count). The summed E-state index contributed by atoms with van der Waals surface area (Å²) in [5.41, 5.74) is 0.0253. The molecule has 13 heavy (non-hydrogen) atoms. The van der Waals surface area contributed by atoms with Gasteiger partial charge >= 0.3 is 0 Å². The summed E-state index contributed by atoms with van der Waals surface area (Å²) < 4.78 is 7.36. The van der Waals surface area contributed by atoms with Crippen molar-refractivity contribution in [2.24, 2.45) is 0 Å². The van der Waals surface area contributed by atoms with E-state index >= 15 is 0 Å². The summed E-state index contributed by atoms with van der Waals surface area (Å²) in [5, 5.41) is 9.91. The van der Waals surface area contributed by atoms with Crippen LogP contribution in [0.1, 0.15) is 26.6 Å². The maximum atomic E-state index is 5.40. The Labute approximate surface area is 77.3 Å². The molecule has 0 unspecified atom stereocenters. The Morgan fingerprint density at radius 2 is 2.23 bits per heavy atom. The van der Waals surface area contributed by atoms with E-state index in [9.17, 15) is 0 Å². The Kier molecular flexibility index (Phi) is 1.76. The molecule has 1 aromatic heterocycles. The largest absolute Gasteiger partial charge is 0.352 e. The Morgan fingerprint density at radius 1 is 1.46 bits per heavy atom. The number of aromatic nitrogens is 3. The first-order valence-electron chi connectivity index (χ1n) is 4.33. The normalized spacial score (nSPS) is 17.3. The Hall–Kier alpha value is -1.10. The minimum atomic E-state index is 0.0253. The van der Waals surface area contributed by atoms with Crippen molar-refractivity contribution in [1.29, 1.82) is 0 Å². The first-order chi connectivity index (χ1) is 6.09. The smallest absolute Gasteiger partial charge is 0.177 e. The highest BCUT2D eigenvalue weighted by Gasteiger charge is 2.27. The number of ether oxygens (including phenoxy) is 1. The van der Waals surface area contributed by atoms with Gasteiger partial charge in [-0.15, -0.1) is 10.2 Å². The predicted molar refractivity (Wildman–Crippen MR) is 47.6 cm³/mol. The van der Waals surface area contributed by atoms with Gasteiger partial charge in [-0.25, -0.2) is 4.68 Å². The fourth-order valence-corrected chi connectivity index (χ4v) is 1.35. The molecule has 0 aromatic carbocycles. The summed E-state index contributed by atoms with van der Waals surface area (Å²) in [6.45, 7) is 7.53. The van der Waals surface area contributed by atoms with Crippen molar-refractivity contribution >= 4 is 0 Å². The van der Waals surface area contributed by atoms with E-state index in [-0.39, 0.29) is 5.54 Å². The molecule has 0 amide bonds. The highest BCUT2D eigenvalue weighted by atomic mass is 16.5. The summed E-state index contributed by atoms with van der Waals surface area (Å²) in [7, 11) is 0. The second-order valence-electron chi connectivity index (χ2n) is 4.14. The van der Waals surface area contributed by atoms with Crippen LogP contribution in [0.15, 0.2) is 6.33 Å². The lowest BCUT2D eigenvalue weighted by Gasteiger charge is -2.39. The Morgan fingerprint density at radius 3 is 2.92 bits per heavy atom. The summed E-state index contributed by atoms with van der Waals surface area (Å²) in [6.07, 6.45) is 1.73. The van der Waals surface area contributed by atoms with Gasteiger partial charge in [-0.3, -0.25) is 5.01 Å². The summed E-state index contributed by atoms with van der Waals surface area (Å²) in [4.78, 5) is 0. The van der Waals surface area contributed by atoms with Crippen molar-refractivity contribution in [2.45, 2.75) is 32.9 Å². The van der Waals surface area contributed by atoms with E-state index in [1.54, 1.807) is 6.33 Å². The van der Waals surface area contributed by atoms with Crippen molar-refractivity contribution in [2.75, 3.05) is 11.7 Å². The van der Waals surface area contributed by atoms with Crippen molar-refractivity contribution in [3.63, 3.8) is 0 Å². The molecule has 5 nitrogen and oxygen atoms in total. The average molecular weight is 182 g/mol. The van der Waals surface area contributed by atoms with E-state index < -0.39 is 0 Å². The molecule has 0 atom stereocenters. The summed E-state index contributed by atoms with van der Waals surface area (Å²) in [6, 6.07) is 0. The summed E-state index contributed by atoms with van der Waals surface area (Å²) >= 11 is 0. The molecule has 0 radical (unpaired) electrons. The van der Waals surface area contributed by atoms with E-state index in [0.717, 1.165) is 5.82 Å². The van der Waals surface area contributed by atoms with E-state index in [1.807, 2.05) is 4.68 Å². The fourth-order valence-electron chi connectivity index (χ4n) is 1.35. The quantitative estimate of drug-likeness (QED) is 0.586. The van der Waals surface area contributed by atoms with Gasteiger partial charge in [0.25, 0.3) is 0 Å². The molecule has 0 saturated heterocycles. The van der Waals surface area contributed by atoms with Crippen LogP contribution in [0.3, 0.4) is 0 Å². The Balaban J connectivity index is 2.35. The molecular weight excluding hydrogens is 168 g/mol. The zero-order valence-electron chi connectivity index (χ0n) is 8.19. The number of hydrogen-bond acceptors (Lipinski definition) is 4. The van der Waals surface area contributed by atoms with Gasteiger partial charge in [0, 0.05) is 0 Å². The lowest BCUT2D eigenvalue weighted by Crippen LogP contribution is -2.52. The zero-order valence-corrected chi connectivity index (χ0v) is 8.19.